The molecule has 1 saturated heterocycles. The fourth-order valence-electron chi connectivity index (χ4n) is 4.50. The van der Waals surface area contributed by atoms with Gasteiger partial charge in [-0.15, -0.1) is 0 Å². The SMILES string of the molecule is COCCOc1nc(N)c2[nH]c(=O)n(Cc3ccc(CN(CCCOCC(=O)OC)C4CN(C)C4)cc3)c2n1. The number of hydrogen-bond donors (Lipinski definition) is 2. The van der Waals surface area contributed by atoms with Gasteiger partial charge in [-0.2, -0.15) is 9.97 Å². The van der Waals surface area contributed by atoms with Crippen molar-refractivity contribution in [3.8, 4) is 6.01 Å². The van der Waals surface area contributed by atoms with Crippen LogP contribution in [0.5, 0.6) is 6.01 Å². The Morgan fingerprint density at radius 3 is 2.56 bits per heavy atom. The predicted octanol–water partition coefficient (Wildman–Crippen LogP) is 0.471. The Bertz CT molecular complexity index is 1290. The van der Waals surface area contributed by atoms with Crippen LogP contribution in [0.3, 0.4) is 0 Å². The van der Waals surface area contributed by atoms with E-state index in [2.05, 4.69) is 48.7 Å². The molecule has 2 aromatic heterocycles. The largest absolute Gasteiger partial charge is 0.467 e. The Labute approximate surface area is 226 Å². The molecule has 0 aliphatic carbocycles. The topological polar surface area (TPSA) is 150 Å². The maximum absolute atomic E-state index is 12.7. The Hall–Kier alpha value is -3.52. The molecular formula is C26H37N7O6. The lowest BCUT2D eigenvalue weighted by Gasteiger charge is -2.44. The van der Waals surface area contributed by atoms with Crippen molar-refractivity contribution in [1.82, 2.24) is 29.3 Å². The van der Waals surface area contributed by atoms with Gasteiger partial charge >= 0.3 is 17.7 Å². The van der Waals surface area contributed by atoms with E-state index in [0.29, 0.717) is 37.0 Å². The molecule has 0 atom stereocenters. The summed E-state index contributed by atoms with van der Waals surface area (Å²) in [6.07, 6.45) is 0.820. The van der Waals surface area contributed by atoms with Gasteiger partial charge in [0.2, 0.25) is 0 Å². The number of nitrogens with two attached hydrogens (primary N) is 1. The molecule has 13 heteroatoms. The first-order chi connectivity index (χ1) is 18.9. The number of methoxy groups -OCH3 is 2. The number of nitrogens with zero attached hydrogens (tertiary/aromatic N) is 5. The van der Waals surface area contributed by atoms with Crippen molar-refractivity contribution in [3.63, 3.8) is 0 Å². The van der Waals surface area contributed by atoms with E-state index in [4.69, 9.17) is 19.9 Å². The van der Waals surface area contributed by atoms with Crippen LogP contribution in [0, 0.1) is 0 Å². The molecule has 39 heavy (non-hydrogen) atoms. The molecule has 1 aromatic carbocycles. The Balaban J connectivity index is 1.40. The summed E-state index contributed by atoms with van der Waals surface area (Å²) in [6, 6.07) is 8.78. The summed E-state index contributed by atoms with van der Waals surface area (Å²) in [6.45, 7) is 5.15. The van der Waals surface area contributed by atoms with E-state index in [1.54, 1.807) is 7.11 Å². The van der Waals surface area contributed by atoms with Gasteiger partial charge in [0, 0.05) is 45.9 Å². The van der Waals surface area contributed by atoms with Gasteiger partial charge in [-0.1, -0.05) is 24.3 Å². The maximum atomic E-state index is 12.7. The summed E-state index contributed by atoms with van der Waals surface area (Å²) in [5.74, 6) is -0.217. The zero-order valence-corrected chi connectivity index (χ0v) is 22.7. The molecule has 1 fully saturated rings. The van der Waals surface area contributed by atoms with Crippen LogP contribution in [0.25, 0.3) is 11.2 Å². The number of likely N-dealkylation sites (N-methyl/N-ethyl adjacent to an activating group) is 1. The summed E-state index contributed by atoms with van der Waals surface area (Å²) in [7, 11) is 5.04. The number of ether oxygens (including phenoxy) is 4. The first kappa shape index (κ1) is 28.5. The highest BCUT2D eigenvalue weighted by atomic mass is 16.6. The molecule has 3 aromatic rings. The number of H-pyrrole nitrogens is 1. The zero-order valence-electron chi connectivity index (χ0n) is 22.7. The Morgan fingerprint density at radius 2 is 1.87 bits per heavy atom. The van der Waals surface area contributed by atoms with Crippen molar-refractivity contribution in [3.05, 3.63) is 45.9 Å². The van der Waals surface area contributed by atoms with E-state index < -0.39 is 0 Å². The second-order valence-corrected chi connectivity index (χ2v) is 9.59. The lowest BCUT2D eigenvalue weighted by molar-refractivity contribution is -0.145. The number of imidazole rings is 1. The van der Waals surface area contributed by atoms with Crippen LogP contribution in [0.2, 0.25) is 0 Å². The standard InChI is InChI=1S/C26H37N7O6/c1-31-15-20(16-31)32(9-4-10-38-17-21(34)37-3)13-18-5-7-19(8-6-18)14-33-24-22(28-26(33)35)23(27)29-25(30-24)39-12-11-36-2/h5-8,20H,4,9-17H2,1-3H3,(H,28,35)(H2,27,29,30). The average Bonchev–Trinajstić information content (AvgIpc) is 3.22. The molecule has 4 rings (SSSR count). The van der Waals surface area contributed by atoms with E-state index >= 15 is 0 Å². The van der Waals surface area contributed by atoms with Crippen molar-refractivity contribution in [1.29, 1.82) is 0 Å². The normalized spacial score (nSPS) is 14.2. The van der Waals surface area contributed by atoms with Crippen LogP contribution in [0.1, 0.15) is 17.5 Å². The number of aromatic nitrogens is 4. The number of nitrogens with one attached hydrogen (secondary N) is 1. The summed E-state index contributed by atoms with van der Waals surface area (Å²) < 4.78 is 22.0. The van der Waals surface area contributed by atoms with Gasteiger partial charge < -0.3 is 34.6 Å². The van der Waals surface area contributed by atoms with Crippen LogP contribution >= 0.6 is 0 Å². The first-order valence-electron chi connectivity index (χ1n) is 12.9. The number of hydrogen-bond acceptors (Lipinski definition) is 11. The molecule has 0 unspecified atom stereocenters. The number of nitrogen functional groups attached to an aromatic ring is 1. The van der Waals surface area contributed by atoms with Gasteiger partial charge in [0.05, 0.1) is 20.3 Å². The molecule has 0 amide bonds. The van der Waals surface area contributed by atoms with Crippen LogP contribution in [0.15, 0.2) is 29.1 Å². The zero-order chi connectivity index (χ0) is 27.8. The highest BCUT2D eigenvalue weighted by Gasteiger charge is 2.29. The highest BCUT2D eigenvalue weighted by molar-refractivity contribution is 5.81. The minimum Gasteiger partial charge on any atom is -0.467 e. The molecule has 212 valence electrons. The van der Waals surface area contributed by atoms with Gasteiger partial charge in [0.25, 0.3) is 0 Å². The number of carbonyl (C=O) groups excluding carboxylic acids is 1. The number of rotatable bonds is 15. The summed E-state index contributed by atoms with van der Waals surface area (Å²) in [5.41, 5.74) is 8.62. The molecule has 0 bridgehead atoms. The first-order valence-corrected chi connectivity index (χ1v) is 12.9. The van der Waals surface area contributed by atoms with Crippen LogP contribution in [0.4, 0.5) is 5.82 Å². The van der Waals surface area contributed by atoms with Crippen LogP contribution in [-0.4, -0.2) is 109 Å². The van der Waals surface area contributed by atoms with Crippen molar-refractivity contribution >= 4 is 23.0 Å². The fourth-order valence-corrected chi connectivity index (χ4v) is 4.50. The molecule has 1 aliphatic rings. The third-order valence-corrected chi connectivity index (χ3v) is 6.64. The minimum atomic E-state index is -0.366. The second kappa shape index (κ2) is 13.5. The number of esters is 1. The van der Waals surface area contributed by atoms with E-state index in [9.17, 15) is 9.59 Å². The monoisotopic (exact) mass is 543 g/mol. The van der Waals surface area contributed by atoms with E-state index in [0.717, 1.165) is 38.2 Å². The number of aromatic amines is 1. The maximum Gasteiger partial charge on any atom is 0.331 e. The molecule has 3 N–H and O–H groups in total. The highest BCUT2D eigenvalue weighted by Crippen LogP contribution is 2.20. The molecule has 0 saturated carbocycles. The van der Waals surface area contributed by atoms with Gasteiger partial charge in [0.15, 0.2) is 11.5 Å². The van der Waals surface area contributed by atoms with Crippen molar-refractivity contribution in [2.24, 2.45) is 0 Å². The molecule has 0 radical (unpaired) electrons. The van der Waals surface area contributed by atoms with Crippen LogP contribution < -0.4 is 16.2 Å². The molecule has 13 nitrogen and oxygen atoms in total. The van der Waals surface area contributed by atoms with Crippen molar-refractivity contribution < 1.29 is 23.7 Å². The second-order valence-electron chi connectivity index (χ2n) is 9.59. The van der Waals surface area contributed by atoms with E-state index in [1.165, 1.54) is 17.2 Å². The number of carbonyl (C=O) groups is 1. The Morgan fingerprint density at radius 1 is 1.13 bits per heavy atom. The number of benzene rings is 1. The molecule has 0 spiro atoms. The average molecular weight is 544 g/mol. The van der Waals surface area contributed by atoms with Gasteiger partial charge in [0.1, 0.15) is 18.7 Å². The van der Waals surface area contributed by atoms with Crippen LogP contribution in [-0.2, 0) is 32.1 Å². The number of anilines is 1. The van der Waals surface area contributed by atoms with E-state index in [1.807, 2.05) is 12.1 Å². The number of likely N-dealkylation sites (tertiary alicyclic amines) is 1. The van der Waals surface area contributed by atoms with E-state index in [-0.39, 0.29) is 36.7 Å². The van der Waals surface area contributed by atoms with Gasteiger partial charge in [-0.05, 0) is 24.6 Å². The van der Waals surface area contributed by atoms with Crippen molar-refractivity contribution in [2.45, 2.75) is 25.6 Å². The molecule has 1 aliphatic heterocycles. The van der Waals surface area contributed by atoms with Gasteiger partial charge in [-0.3, -0.25) is 9.47 Å². The summed E-state index contributed by atoms with van der Waals surface area (Å²) in [4.78, 5) is 39.9. The minimum absolute atomic E-state index is 0.0234. The Kier molecular flexibility index (Phi) is 9.87. The summed E-state index contributed by atoms with van der Waals surface area (Å²) >= 11 is 0. The van der Waals surface area contributed by atoms with Crippen molar-refractivity contribution in [2.75, 3.05) is 73.1 Å². The fraction of sp³-hybridized carbons (Fsp3) is 0.538. The number of fused-ring (bicyclic) bond motifs is 1. The lowest BCUT2D eigenvalue weighted by atomic mass is 10.1. The molecule has 3 heterocycles. The van der Waals surface area contributed by atoms with Gasteiger partial charge in [-0.25, -0.2) is 9.59 Å². The third-order valence-electron chi connectivity index (χ3n) is 6.64. The quantitative estimate of drug-likeness (QED) is 0.203. The third kappa shape index (κ3) is 7.53. The summed E-state index contributed by atoms with van der Waals surface area (Å²) in [5, 5.41) is 0. The smallest absolute Gasteiger partial charge is 0.331 e. The molecular weight excluding hydrogens is 506 g/mol. The lowest BCUT2D eigenvalue weighted by Crippen LogP contribution is -2.57. The predicted molar refractivity (Wildman–Crippen MR) is 145 cm³/mol.